The number of alkyl halides is 1. The molecule has 2 rings (SSSR count). The highest BCUT2D eigenvalue weighted by Gasteiger charge is 2.28. The van der Waals surface area contributed by atoms with Gasteiger partial charge < -0.3 is 10.0 Å². The highest BCUT2D eigenvalue weighted by Crippen LogP contribution is 2.23. The summed E-state index contributed by atoms with van der Waals surface area (Å²) in [5, 5.41) is 17.7. The fourth-order valence-corrected chi connectivity index (χ4v) is 1.99. The maximum absolute atomic E-state index is 13.4. The Morgan fingerprint density at radius 2 is 2.06 bits per heavy atom. The molecule has 1 aliphatic heterocycles. The van der Waals surface area contributed by atoms with Crippen molar-refractivity contribution in [1.29, 1.82) is 0 Å². The van der Waals surface area contributed by atoms with E-state index in [4.69, 9.17) is 0 Å². The molecule has 0 aliphatic carbocycles. The first-order chi connectivity index (χ1) is 8.38. The Morgan fingerprint density at radius 3 is 2.56 bits per heavy atom. The van der Waals surface area contributed by atoms with E-state index in [9.17, 15) is 9.50 Å². The van der Waals surface area contributed by atoms with Crippen molar-refractivity contribution < 1.29 is 9.50 Å². The van der Waals surface area contributed by atoms with Crippen molar-refractivity contribution in [1.82, 2.24) is 10.2 Å². The molecule has 4 nitrogen and oxygen atoms in total. The summed E-state index contributed by atoms with van der Waals surface area (Å²) in [6, 6.07) is 3.80. The molecule has 1 aromatic heterocycles. The third kappa shape index (κ3) is 2.77. The van der Waals surface area contributed by atoms with Crippen molar-refractivity contribution in [2.45, 2.75) is 44.9 Å². The number of anilines is 1. The predicted octanol–water partition coefficient (Wildman–Crippen LogP) is 1.68. The molecule has 0 amide bonds. The fraction of sp³-hybridized carbons (Fsp3) is 0.692. The zero-order valence-corrected chi connectivity index (χ0v) is 11.1. The average molecular weight is 253 g/mol. The van der Waals surface area contributed by atoms with E-state index in [2.05, 4.69) is 31.0 Å². The minimum Gasteiger partial charge on any atom is -0.390 e. The first-order valence-electron chi connectivity index (χ1n) is 6.29. The van der Waals surface area contributed by atoms with Gasteiger partial charge in [-0.25, -0.2) is 4.39 Å². The molecular formula is C13H20FN3O. The van der Waals surface area contributed by atoms with Crippen molar-refractivity contribution in [3.05, 3.63) is 17.8 Å². The van der Waals surface area contributed by atoms with Crippen molar-refractivity contribution in [3.63, 3.8) is 0 Å². The molecule has 0 bridgehead atoms. The summed E-state index contributed by atoms with van der Waals surface area (Å²) >= 11 is 0. The van der Waals surface area contributed by atoms with Gasteiger partial charge >= 0.3 is 0 Å². The second-order valence-corrected chi connectivity index (χ2v) is 5.84. The van der Waals surface area contributed by atoms with Gasteiger partial charge in [0.25, 0.3) is 0 Å². The molecule has 1 saturated heterocycles. The lowest BCUT2D eigenvalue weighted by Crippen LogP contribution is -2.45. The van der Waals surface area contributed by atoms with Crippen molar-refractivity contribution in [2.75, 3.05) is 18.0 Å². The third-order valence-corrected chi connectivity index (χ3v) is 3.25. The quantitative estimate of drug-likeness (QED) is 0.827. The maximum atomic E-state index is 13.4. The van der Waals surface area contributed by atoms with E-state index in [0.717, 1.165) is 5.69 Å². The molecular weight excluding hydrogens is 233 g/mol. The lowest BCUT2D eigenvalue weighted by atomic mass is 9.92. The molecule has 0 aromatic carbocycles. The number of hydrogen-bond acceptors (Lipinski definition) is 4. The Morgan fingerprint density at radius 1 is 1.33 bits per heavy atom. The lowest BCUT2D eigenvalue weighted by Gasteiger charge is -2.32. The van der Waals surface area contributed by atoms with E-state index < -0.39 is 12.3 Å². The van der Waals surface area contributed by atoms with Gasteiger partial charge in [0.15, 0.2) is 5.82 Å². The second-order valence-electron chi connectivity index (χ2n) is 5.84. The molecule has 0 spiro atoms. The topological polar surface area (TPSA) is 49.2 Å². The SMILES string of the molecule is CC(C)(C)c1ccc(N2CC[C@@H](O)[C@H](F)C2)nn1. The van der Waals surface area contributed by atoms with Crippen LogP contribution in [0.15, 0.2) is 12.1 Å². The summed E-state index contributed by atoms with van der Waals surface area (Å²) in [5.74, 6) is 0.678. The van der Waals surface area contributed by atoms with E-state index in [1.807, 2.05) is 17.0 Å². The van der Waals surface area contributed by atoms with Gasteiger partial charge in [-0.3, -0.25) is 0 Å². The number of nitrogens with zero attached hydrogens (tertiary/aromatic N) is 3. The Labute approximate surface area is 107 Å². The number of hydrogen-bond donors (Lipinski definition) is 1. The number of rotatable bonds is 1. The number of aromatic nitrogens is 2. The number of halogens is 1. The van der Waals surface area contributed by atoms with Gasteiger partial charge in [0.05, 0.1) is 18.3 Å². The van der Waals surface area contributed by atoms with E-state index in [1.165, 1.54) is 0 Å². The molecule has 1 N–H and O–H groups in total. The fourth-order valence-electron chi connectivity index (χ4n) is 1.99. The van der Waals surface area contributed by atoms with Gasteiger partial charge in [0, 0.05) is 12.0 Å². The summed E-state index contributed by atoms with van der Waals surface area (Å²) in [5.41, 5.74) is 0.881. The zero-order chi connectivity index (χ0) is 13.3. The molecule has 1 aliphatic rings. The van der Waals surface area contributed by atoms with Crippen LogP contribution >= 0.6 is 0 Å². The third-order valence-electron chi connectivity index (χ3n) is 3.25. The van der Waals surface area contributed by atoms with Gasteiger partial charge in [0.1, 0.15) is 6.17 Å². The summed E-state index contributed by atoms with van der Waals surface area (Å²) in [7, 11) is 0. The summed E-state index contributed by atoms with van der Waals surface area (Å²) < 4.78 is 13.4. The van der Waals surface area contributed by atoms with Crippen LogP contribution in [0.4, 0.5) is 10.2 Å². The van der Waals surface area contributed by atoms with E-state index in [-0.39, 0.29) is 12.0 Å². The van der Waals surface area contributed by atoms with Crippen LogP contribution in [0.25, 0.3) is 0 Å². The van der Waals surface area contributed by atoms with Crippen LogP contribution < -0.4 is 4.90 Å². The van der Waals surface area contributed by atoms with Crippen LogP contribution in [0.1, 0.15) is 32.9 Å². The molecule has 2 heterocycles. The smallest absolute Gasteiger partial charge is 0.151 e. The Kier molecular flexibility index (Phi) is 3.52. The van der Waals surface area contributed by atoms with Gasteiger partial charge in [-0.05, 0) is 18.6 Å². The molecule has 0 saturated carbocycles. The first-order valence-corrected chi connectivity index (χ1v) is 6.29. The van der Waals surface area contributed by atoms with Gasteiger partial charge in [0.2, 0.25) is 0 Å². The molecule has 5 heteroatoms. The molecule has 2 atom stereocenters. The first kappa shape index (κ1) is 13.2. The lowest BCUT2D eigenvalue weighted by molar-refractivity contribution is 0.0613. The average Bonchev–Trinajstić information content (AvgIpc) is 2.32. The Bertz CT molecular complexity index is 402. The number of aliphatic hydroxyl groups excluding tert-OH is 1. The molecule has 0 radical (unpaired) electrons. The van der Waals surface area contributed by atoms with E-state index in [0.29, 0.717) is 18.8 Å². The van der Waals surface area contributed by atoms with Gasteiger partial charge in [-0.1, -0.05) is 20.8 Å². The highest BCUT2D eigenvalue weighted by molar-refractivity contribution is 5.39. The largest absolute Gasteiger partial charge is 0.390 e. The van der Waals surface area contributed by atoms with Crippen LogP contribution in [0.3, 0.4) is 0 Å². The predicted molar refractivity (Wildman–Crippen MR) is 68.5 cm³/mol. The highest BCUT2D eigenvalue weighted by atomic mass is 19.1. The standard InChI is InChI=1S/C13H20FN3O/c1-13(2,3)11-4-5-12(16-15-11)17-7-6-10(18)9(14)8-17/h4-5,9-10,18H,6-8H2,1-3H3/t9-,10-/m1/s1. The molecule has 1 aromatic rings. The molecule has 0 unspecified atom stereocenters. The van der Waals surface area contributed by atoms with Crippen molar-refractivity contribution in [3.8, 4) is 0 Å². The van der Waals surface area contributed by atoms with Crippen LogP contribution in [0.2, 0.25) is 0 Å². The minimum atomic E-state index is -1.21. The van der Waals surface area contributed by atoms with Crippen molar-refractivity contribution >= 4 is 5.82 Å². The summed E-state index contributed by atoms with van der Waals surface area (Å²) in [6.45, 7) is 7.03. The summed E-state index contributed by atoms with van der Waals surface area (Å²) in [6.07, 6.45) is -1.62. The van der Waals surface area contributed by atoms with Crippen LogP contribution in [-0.2, 0) is 5.41 Å². The summed E-state index contributed by atoms with van der Waals surface area (Å²) in [4.78, 5) is 1.83. The molecule has 100 valence electrons. The van der Waals surface area contributed by atoms with Crippen LogP contribution in [0, 0.1) is 0 Å². The second kappa shape index (κ2) is 4.80. The Balaban J connectivity index is 2.11. The maximum Gasteiger partial charge on any atom is 0.151 e. The van der Waals surface area contributed by atoms with Gasteiger partial charge in [-0.2, -0.15) is 5.10 Å². The monoisotopic (exact) mass is 253 g/mol. The van der Waals surface area contributed by atoms with Gasteiger partial charge in [-0.15, -0.1) is 5.10 Å². The number of piperidine rings is 1. The Hall–Kier alpha value is -1.23. The number of aliphatic hydroxyl groups is 1. The van der Waals surface area contributed by atoms with Crippen molar-refractivity contribution in [2.24, 2.45) is 0 Å². The molecule has 18 heavy (non-hydrogen) atoms. The normalized spacial score (nSPS) is 25.3. The van der Waals surface area contributed by atoms with Crippen LogP contribution in [0.5, 0.6) is 0 Å². The minimum absolute atomic E-state index is 0.0355. The van der Waals surface area contributed by atoms with E-state index in [1.54, 1.807) is 0 Å². The van der Waals surface area contributed by atoms with Crippen LogP contribution in [-0.4, -0.2) is 40.7 Å². The molecule has 1 fully saturated rings. The van der Waals surface area contributed by atoms with E-state index >= 15 is 0 Å². The zero-order valence-electron chi connectivity index (χ0n) is 11.1.